The van der Waals surface area contributed by atoms with Crippen molar-refractivity contribution >= 4 is 51.9 Å². The Balaban J connectivity index is 1.47. The first-order chi connectivity index (χ1) is 15.1. The van der Waals surface area contributed by atoms with Crippen molar-refractivity contribution in [2.24, 2.45) is 5.10 Å². The number of nitrogens with zero attached hydrogens (tertiary/aromatic N) is 2. The summed E-state index contributed by atoms with van der Waals surface area (Å²) in [7, 11) is 0. The van der Waals surface area contributed by atoms with E-state index in [1.165, 1.54) is 0 Å². The lowest BCUT2D eigenvalue weighted by Crippen LogP contribution is -2.25. The van der Waals surface area contributed by atoms with Gasteiger partial charge >= 0.3 is 0 Å². The van der Waals surface area contributed by atoms with E-state index in [0.717, 1.165) is 27.7 Å². The van der Waals surface area contributed by atoms with Gasteiger partial charge in [0.15, 0.2) is 0 Å². The first-order valence-electron chi connectivity index (χ1n) is 9.73. The normalized spacial score (nSPS) is 11.2. The van der Waals surface area contributed by atoms with Crippen molar-refractivity contribution < 1.29 is 4.79 Å². The van der Waals surface area contributed by atoms with Crippen molar-refractivity contribution in [2.75, 3.05) is 11.9 Å². The Bertz CT molecular complexity index is 1240. The van der Waals surface area contributed by atoms with Crippen LogP contribution in [0.4, 0.5) is 5.69 Å². The van der Waals surface area contributed by atoms with Gasteiger partial charge in [-0.3, -0.25) is 4.79 Å². The number of carbonyl (C=O) groups is 1. The number of hydrogen-bond acceptors (Lipinski definition) is 3. The summed E-state index contributed by atoms with van der Waals surface area (Å²) < 4.78 is 2.10. The van der Waals surface area contributed by atoms with E-state index in [1.807, 2.05) is 72.9 Å². The van der Waals surface area contributed by atoms with Gasteiger partial charge in [0.05, 0.1) is 12.8 Å². The van der Waals surface area contributed by atoms with E-state index in [9.17, 15) is 4.79 Å². The molecule has 0 radical (unpaired) electrons. The molecule has 0 saturated carbocycles. The highest BCUT2D eigenvalue weighted by Crippen LogP contribution is 2.25. The lowest BCUT2D eigenvalue weighted by molar-refractivity contribution is -0.119. The molecule has 3 aromatic carbocycles. The molecule has 2 N–H and O–H groups in total. The summed E-state index contributed by atoms with van der Waals surface area (Å²) in [5.41, 5.74) is 6.36. The highest BCUT2D eigenvalue weighted by Gasteiger charge is 2.09. The molecule has 1 heterocycles. The Kier molecular flexibility index (Phi) is 6.55. The summed E-state index contributed by atoms with van der Waals surface area (Å²) in [5, 5.41) is 9.45. The SMILES string of the molecule is O=C(CNc1ccccc1)N/N=C\c1cn(Cc2ccc(Cl)cc2Cl)c2ccccc12. The number of hydrogen-bond donors (Lipinski definition) is 2. The molecule has 0 saturated heterocycles. The van der Waals surface area contributed by atoms with E-state index >= 15 is 0 Å². The van der Waals surface area contributed by atoms with E-state index in [-0.39, 0.29) is 12.5 Å². The fraction of sp³-hybridized carbons (Fsp3) is 0.0833. The van der Waals surface area contributed by atoms with Crippen LogP contribution in [-0.4, -0.2) is 23.2 Å². The standard InChI is InChI=1S/C24H20Cl2N4O/c25-19-11-10-17(22(26)12-19)15-30-16-18(21-8-4-5-9-23(21)30)13-28-29-24(31)14-27-20-6-2-1-3-7-20/h1-13,16,27H,14-15H2,(H,29,31)/b28-13-. The lowest BCUT2D eigenvalue weighted by Gasteiger charge is -2.08. The highest BCUT2D eigenvalue weighted by molar-refractivity contribution is 6.35. The number of amides is 1. The maximum absolute atomic E-state index is 12.1. The molecular weight excluding hydrogens is 431 g/mol. The third-order valence-corrected chi connectivity index (χ3v) is 5.38. The van der Waals surface area contributed by atoms with Gasteiger partial charge in [0.2, 0.25) is 0 Å². The van der Waals surface area contributed by atoms with E-state index in [0.29, 0.717) is 16.6 Å². The quantitative estimate of drug-likeness (QED) is 0.286. The summed E-state index contributed by atoms with van der Waals surface area (Å²) in [4.78, 5) is 12.1. The fourth-order valence-corrected chi connectivity index (χ4v) is 3.76. The van der Waals surface area contributed by atoms with Gasteiger partial charge in [0, 0.05) is 44.9 Å². The van der Waals surface area contributed by atoms with Crippen LogP contribution in [0.5, 0.6) is 0 Å². The third-order valence-electron chi connectivity index (χ3n) is 4.79. The molecule has 4 rings (SSSR count). The number of rotatable bonds is 7. The predicted molar refractivity (Wildman–Crippen MR) is 128 cm³/mol. The Labute approximate surface area is 190 Å². The van der Waals surface area contributed by atoms with Crippen molar-refractivity contribution in [3.63, 3.8) is 0 Å². The van der Waals surface area contributed by atoms with Crippen molar-refractivity contribution in [2.45, 2.75) is 6.54 Å². The third kappa shape index (κ3) is 5.26. The molecule has 1 aromatic heterocycles. The largest absolute Gasteiger partial charge is 0.376 e. The molecule has 1 amide bonds. The minimum atomic E-state index is -0.225. The van der Waals surface area contributed by atoms with Gasteiger partial charge in [0.25, 0.3) is 5.91 Å². The molecule has 7 heteroatoms. The van der Waals surface area contributed by atoms with Crippen LogP contribution >= 0.6 is 23.2 Å². The number of aromatic nitrogens is 1. The van der Waals surface area contributed by atoms with Gasteiger partial charge < -0.3 is 9.88 Å². The zero-order chi connectivity index (χ0) is 21.6. The molecular formula is C24H20Cl2N4O. The smallest absolute Gasteiger partial charge is 0.259 e. The Morgan fingerprint density at radius 1 is 1.00 bits per heavy atom. The molecule has 0 unspecified atom stereocenters. The van der Waals surface area contributed by atoms with Gasteiger partial charge in [-0.05, 0) is 35.9 Å². The van der Waals surface area contributed by atoms with Crippen molar-refractivity contribution in [3.05, 3.63) is 100 Å². The zero-order valence-corrected chi connectivity index (χ0v) is 18.1. The van der Waals surface area contributed by atoms with Crippen LogP contribution in [0, 0.1) is 0 Å². The Morgan fingerprint density at radius 2 is 1.77 bits per heavy atom. The number of hydrazone groups is 1. The van der Waals surface area contributed by atoms with Gasteiger partial charge in [-0.1, -0.05) is 65.7 Å². The van der Waals surface area contributed by atoms with Gasteiger partial charge in [-0.2, -0.15) is 5.10 Å². The summed E-state index contributed by atoms with van der Waals surface area (Å²) >= 11 is 12.4. The molecule has 31 heavy (non-hydrogen) atoms. The van der Waals surface area contributed by atoms with Gasteiger partial charge in [0.1, 0.15) is 0 Å². The fourth-order valence-electron chi connectivity index (χ4n) is 3.29. The molecule has 0 fully saturated rings. The highest BCUT2D eigenvalue weighted by atomic mass is 35.5. The molecule has 0 spiro atoms. The number of benzene rings is 3. The van der Waals surface area contributed by atoms with Crippen LogP contribution < -0.4 is 10.7 Å². The van der Waals surface area contributed by atoms with E-state index in [4.69, 9.17) is 23.2 Å². The second-order valence-corrected chi connectivity index (χ2v) is 7.82. The average Bonchev–Trinajstić information content (AvgIpc) is 3.12. The van der Waals surface area contributed by atoms with Crippen LogP contribution in [0.1, 0.15) is 11.1 Å². The molecule has 0 aliphatic rings. The topological polar surface area (TPSA) is 58.4 Å². The zero-order valence-electron chi connectivity index (χ0n) is 16.6. The average molecular weight is 451 g/mol. The summed E-state index contributed by atoms with van der Waals surface area (Å²) in [6.45, 7) is 0.732. The lowest BCUT2D eigenvalue weighted by atomic mass is 10.2. The van der Waals surface area contributed by atoms with Gasteiger partial charge in [-0.25, -0.2) is 5.43 Å². The van der Waals surface area contributed by atoms with Gasteiger partial charge in [-0.15, -0.1) is 0 Å². The molecule has 4 aromatic rings. The second-order valence-electron chi connectivity index (χ2n) is 6.98. The number of halogens is 2. The van der Waals surface area contributed by atoms with Crippen LogP contribution in [-0.2, 0) is 11.3 Å². The van der Waals surface area contributed by atoms with Crippen molar-refractivity contribution in [1.82, 2.24) is 9.99 Å². The van der Waals surface area contributed by atoms with E-state index in [2.05, 4.69) is 20.4 Å². The first kappa shape index (κ1) is 21.0. The number of nitrogens with one attached hydrogen (secondary N) is 2. The van der Waals surface area contributed by atoms with Crippen LogP contribution in [0.25, 0.3) is 10.9 Å². The molecule has 5 nitrogen and oxygen atoms in total. The Morgan fingerprint density at radius 3 is 2.58 bits per heavy atom. The molecule has 0 aliphatic heterocycles. The summed E-state index contributed by atoms with van der Waals surface area (Å²) in [5.74, 6) is -0.225. The number of fused-ring (bicyclic) bond motifs is 1. The molecule has 0 bridgehead atoms. The van der Waals surface area contributed by atoms with E-state index < -0.39 is 0 Å². The minimum Gasteiger partial charge on any atom is -0.376 e. The molecule has 156 valence electrons. The first-order valence-corrected chi connectivity index (χ1v) is 10.5. The monoisotopic (exact) mass is 450 g/mol. The summed E-state index contributed by atoms with van der Waals surface area (Å²) in [6, 6.07) is 23.1. The second kappa shape index (κ2) is 9.69. The molecule has 0 atom stereocenters. The number of carbonyl (C=O) groups excluding carboxylic acids is 1. The van der Waals surface area contributed by atoms with E-state index in [1.54, 1.807) is 12.3 Å². The van der Waals surface area contributed by atoms with Crippen LogP contribution in [0.15, 0.2) is 84.1 Å². The van der Waals surface area contributed by atoms with Crippen molar-refractivity contribution in [1.29, 1.82) is 0 Å². The predicted octanol–water partition coefficient (Wildman–Crippen LogP) is 5.56. The number of anilines is 1. The van der Waals surface area contributed by atoms with Crippen LogP contribution in [0.2, 0.25) is 10.0 Å². The van der Waals surface area contributed by atoms with Crippen molar-refractivity contribution in [3.8, 4) is 0 Å². The Hall–Kier alpha value is -3.28. The maximum Gasteiger partial charge on any atom is 0.259 e. The summed E-state index contributed by atoms with van der Waals surface area (Å²) in [6.07, 6.45) is 3.65. The number of para-hydroxylation sites is 2. The van der Waals surface area contributed by atoms with Crippen LogP contribution in [0.3, 0.4) is 0 Å². The minimum absolute atomic E-state index is 0.137. The maximum atomic E-state index is 12.1. The molecule has 0 aliphatic carbocycles.